The Balaban J connectivity index is 1.16. The molecule has 3 aliphatic heterocycles. The number of aryl methyl sites for hydroxylation is 1. The van der Waals surface area contributed by atoms with E-state index >= 15 is 0 Å². The van der Waals surface area contributed by atoms with Crippen LogP contribution >= 0.6 is 11.6 Å². The number of amides is 3. The predicted octanol–water partition coefficient (Wildman–Crippen LogP) is 3.93. The maximum atomic E-state index is 13.7. The van der Waals surface area contributed by atoms with Gasteiger partial charge in [-0.3, -0.25) is 14.4 Å². The highest BCUT2D eigenvalue weighted by Crippen LogP contribution is 2.32. The van der Waals surface area contributed by atoms with Gasteiger partial charge in [-0.2, -0.15) is 0 Å². The molecule has 3 amide bonds. The summed E-state index contributed by atoms with van der Waals surface area (Å²) in [5.41, 5.74) is 1.82. The average molecular weight is 541 g/mol. The molecule has 38 heavy (non-hydrogen) atoms. The summed E-state index contributed by atoms with van der Waals surface area (Å²) in [7, 11) is 0. The van der Waals surface area contributed by atoms with Crippen LogP contribution in [0.15, 0.2) is 41.0 Å². The molecule has 3 fully saturated rings. The maximum absolute atomic E-state index is 13.7. The number of carbonyl (C=O) groups is 3. The van der Waals surface area contributed by atoms with Gasteiger partial charge in [-0.15, -0.1) is 0 Å². The van der Waals surface area contributed by atoms with E-state index in [1.54, 1.807) is 25.3 Å². The van der Waals surface area contributed by atoms with Gasteiger partial charge in [0.05, 0.1) is 6.26 Å². The normalized spacial score (nSPS) is 22.1. The van der Waals surface area contributed by atoms with Gasteiger partial charge < -0.3 is 24.0 Å². The zero-order valence-corrected chi connectivity index (χ0v) is 23.0. The summed E-state index contributed by atoms with van der Waals surface area (Å²) in [5, 5.41) is 0.660. The zero-order valence-electron chi connectivity index (χ0n) is 22.3. The Morgan fingerprint density at radius 2 is 1.74 bits per heavy atom. The molecule has 0 saturated carbocycles. The van der Waals surface area contributed by atoms with Crippen LogP contribution in [0.25, 0.3) is 0 Å². The number of likely N-dealkylation sites (tertiary alicyclic amines) is 3. The molecular formula is C29H37ClN4O4. The van der Waals surface area contributed by atoms with Gasteiger partial charge in [-0.1, -0.05) is 17.7 Å². The van der Waals surface area contributed by atoms with Crippen LogP contribution in [0.2, 0.25) is 5.02 Å². The molecule has 2 aromatic rings. The smallest absolute Gasteiger partial charge is 0.289 e. The first-order chi connectivity index (χ1) is 18.3. The van der Waals surface area contributed by atoms with Crippen molar-refractivity contribution in [1.82, 2.24) is 14.7 Å². The number of furan rings is 1. The lowest BCUT2D eigenvalue weighted by Crippen LogP contribution is -2.44. The lowest BCUT2D eigenvalue weighted by Gasteiger charge is -2.34. The van der Waals surface area contributed by atoms with E-state index in [0.29, 0.717) is 55.1 Å². The lowest BCUT2D eigenvalue weighted by atomic mass is 9.94. The monoisotopic (exact) mass is 540 g/mol. The van der Waals surface area contributed by atoms with Crippen LogP contribution in [-0.2, 0) is 9.59 Å². The highest BCUT2D eigenvalue weighted by Gasteiger charge is 2.42. The number of piperidine rings is 1. The van der Waals surface area contributed by atoms with Crippen LogP contribution in [0.5, 0.6) is 0 Å². The predicted molar refractivity (Wildman–Crippen MR) is 146 cm³/mol. The molecule has 1 aromatic carbocycles. The molecule has 5 rings (SSSR count). The summed E-state index contributed by atoms with van der Waals surface area (Å²) in [6, 6.07) is 9.32. The molecule has 0 radical (unpaired) electrons. The molecule has 8 nitrogen and oxygen atoms in total. The zero-order chi connectivity index (χ0) is 26.8. The molecule has 2 unspecified atom stereocenters. The van der Waals surface area contributed by atoms with Crippen LogP contribution in [0.3, 0.4) is 0 Å². The minimum Gasteiger partial charge on any atom is -0.459 e. The SMILES string of the molecule is CC(=O)N1CCC(C(=O)N(CCCN2CC3CN(C(=O)c4ccco4)CC3C2)c2ccc(C)c(Cl)c2)CC1. The molecule has 3 aliphatic rings. The Labute approximate surface area is 229 Å². The molecule has 2 atom stereocenters. The third kappa shape index (κ3) is 5.76. The number of hydrogen-bond acceptors (Lipinski definition) is 5. The summed E-state index contributed by atoms with van der Waals surface area (Å²) in [5.74, 6) is 1.46. The van der Waals surface area contributed by atoms with Crippen LogP contribution < -0.4 is 4.90 Å². The van der Waals surface area contributed by atoms with Gasteiger partial charge in [0.2, 0.25) is 11.8 Å². The summed E-state index contributed by atoms with van der Waals surface area (Å²) >= 11 is 6.44. The third-order valence-electron chi connectivity index (χ3n) is 8.46. The van der Waals surface area contributed by atoms with Gasteiger partial charge >= 0.3 is 0 Å². The second kappa shape index (κ2) is 11.5. The van der Waals surface area contributed by atoms with Crippen LogP contribution in [0.4, 0.5) is 5.69 Å². The Hall–Kier alpha value is -2.84. The number of carbonyl (C=O) groups excluding carboxylic acids is 3. The Morgan fingerprint density at radius 1 is 1.03 bits per heavy atom. The van der Waals surface area contributed by atoms with Crippen molar-refractivity contribution in [3.8, 4) is 0 Å². The summed E-state index contributed by atoms with van der Waals surface area (Å²) in [4.78, 5) is 46.2. The van der Waals surface area contributed by atoms with Crippen LogP contribution in [-0.4, -0.2) is 84.8 Å². The number of fused-ring (bicyclic) bond motifs is 1. The fraction of sp³-hybridized carbons (Fsp3) is 0.552. The largest absolute Gasteiger partial charge is 0.459 e. The van der Waals surface area contributed by atoms with Crippen LogP contribution in [0, 0.1) is 24.7 Å². The number of anilines is 1. The summed E-state index contributed by atoms with van der Waals surface area (Å²) in [6.07, 6.45) is 3.78. The number of benzene rings is 1. The second-order valence-electron chi connectivity index (χ2n) is 11.0. The van der Waals surface area contributed by atoms with Crippen molar-refractivity contribution in [3.63, 3.8) is 0 Å². The topological polar surface area (TPSA) is 77.3 Å². The van der Waals surface area contributed by atoms with E-state index in [4.69, 9.17) is 16.0 Å². The van der Waals surface area contributed by atoms with Crippen LogP contribution in [0.1, 0.15) is 42.3 Å². The van der Waals surface area contributed by atoms with Crippen molar-refractivity contribution in [3.05, 3.63) is 52.9 Å². The van der Waals surface area contributed by atoms with Gasteiger partial charge in [-0.05, 0) is 74.4 Å². The van der Waals surface area contributed by atoms with Gasteiger partial charge in [0, 0.05) is 69.4 Å². The van der Waals surface area contributed by atoms with Gasteiger partial charge in [0.15, 0.2) is 5.76 Å². The van der Waals surface area contributed by atoms with E-state index in [2.05, 4.69) is 4.90 Å². The van der Waals surface area contributed by atoms with Crippen molar-refractivity contribution in [2.24, 2.45) is 17.8 Å². The van der Waals surface area contributed by atoms with Crippen molar-refractivity contribution in [2.75, 3.05) is 57.3 Å². The minimum absolute atomic E-state index is 0.0176. The van der Waals surface area contributed by atoms with Crippen molar-refractivity contribution in [2.45, 2.75) is 33.1 Å². The molecule has 0 spiro atoms. The van der Waals surface area contributed by atoms with E-state index < -0.39 is 0 Å². The molecule has 1 aromatic heterocycles. The lowest BCUT2D eigenvalue weighted by molar-refractivity contribution is -0.133. The summed E-state index contributed by atoms with van der Waals surface area (Å²) in [6.45, 7) is 9.83. The van der Waals surface area contributed by atoms with Gasteiger partial charge in [0.25, 0.3) is 5.91 Å². The van der Waals surface area contributed by atoms with E-state index in [1.807, 2.05) is 39.8 Å². The van der Waals surface area contributed by atoms with Crippen molar-refractivity contribution >= 4 is 35.0 Å². The number of nitrogens with zero attached hydrogens (tertiary/aromatic N) is 4. The maximum Gasteiger partial charge on any atom is 0.289 e. The van der Waals surface area contributed by atoms with Crippen molar-refractivity contribution < 1.29 is 18.8 Å². The third-order valence-corrected chi connectivity index (χ3v) is 8.87. The first-order valence-electron chi connectivity index (χ1n) is 13.7. The standard InChI is InChI=1S/C29H37ClN4O4/c1-20-6-7-25(15-26(20)30)34(28(36)22-8-12-32(13-9-22)21(2)35)11-4-10-31-16-23-18-33(19-24(23)17-31)29(37)27-5-3-14-38-27/h3,5-7,14-15,22-24H,4,8-13,16-19H2,1-2H3. The molecular weight excluding hydrogens is 504 g/mol. The molecule has 204 valence electrons. The molecule has 0 N–H and O–H groups in total. The number of hydrogen-bond donors (Lipinski definition) is 0. The van der Waals surface area contributed by atoms with Crippen molar-refractivity contribution in [1.29, 1.82) is 0 Å². The van der Waals surface area contributed by atoms with Gasteiger partial charge in [0.1, 0.15) is 0 Å². The quantitative estimate of drug-likeness (QED) is 0.532. The fourth-order valence-corrected chi connectivity index (χ4v) is 6.40. The molecule has 9 heteroatoms. The van der Waals surface area contributed by atoms with E-state index in [1.165, 1.54) is 0 Å². The Bertz CT molecular complexity index is 1150. The van der Waals surface area contributed by atoms with E-state index in [9.17, 15) is 14.4 Å². The fourth-order valence-electron chi connectivity index (χ4n) is 6.23. The Kier molecular flexibility index (Phi) is 8.09. The first kappa shape index (κ1) is 26.8. The van der Waals surface area contributed by atoms with Gasteiger partial charge in [-0.25, -0.2) is 0 Å². The first-order valence-corrected chi connectivity index (χ1v) is 14.1. The molecule has 0 bridgehead atoms. The highest BCUT2D eigenvalue weighted by atomic mass is 35.5. The van der Waals surface area contributed by atoms with E-state index in [0.717, 1.165) is 50.4 Å². The van der Waals surface area contributed by atoms with E-state index in [-0.39, 0.29) is 23.6 Å². The number of halogens is 1. The number of rotatable bonds is 7. The molecule has 4 heterocycles. The average Bonchev–Trinajstić information content (AvgIpc) is 3.65. The highest BCUT2D eigenvalue weighted by molar-refractivity contribution is 6.31. The molecule has 3 saturated heterocycles. The molecule has 0 aliphatic carbocycles. The second-order valence-corrected chi connectivity index (χ2v) is 11.4. The minimum atomic E-state index is -0.0884. The summed E-state index contributed by atoms with van der Waals surface area (Å²) < 4.78 is 5.30. The Morgan fingerprint density at radius 3 is 2.34 bits per heavy atom.